The molecule has 0 spiro atoms. The third-order valence-corrected chi connectivity index (χ3v) is 1.48. The summed E-state index contributed by atoms with van der Waals surface area (Å²) in [6, 6.07) is 0. The van der Waals surface area contributed by atoms with Gasteiger partial charge in [0.2, 0.25) is 5.88 Å². The number of rotatable bonds is 0. The van der Waals surface area contributed by atoms with Crippen LogP contribution < -0.4 is 5.56 Å². The highest BCUT2D eigenvalue weighted by Gasteiger charge is 2.03. The monoisotopic (exact) mass is 164 g/mol. The molecular formula is C6H4N4O2. The van der Waals surface area contributed by atoms with Crippen LogP contribution in [-0.2, 0) is 0 Å². The van der Waals surface area contributed by atoms with Gasteiger partial charge in [0.05, 0.1) is 23.2 Å². The summed E-state index contributed by atoms with van der Waals surface area (Å²) in [4.78, 5) is 11.0. The molecule has 6 nitrogen and oxygen atoms in total. The van der Waals surface area contributed by atoms with Crippen molar-refractivity contribution in [2.45, 2.75) is 0 Å². The van der Waals surface area contributed by atoms with Crippen LogP contribution in [0.4, 0.5) is 0 Å². The third kappa shape index (κ3) is 0.815. The Bertz CT molecular complexity index is 478. The predicted octanol–water partition coefficient (Wildman–Crippen LogP) is -0.581. The summed E-state index contributed by atoms with van der Waals surface area (Å²) in [5.74, 6) is -0.250. The highest BCUT2D eigenvalue weighted by Crippen LogP contribution is 2.14. The zero-order valence-electron chi connectivity index (χ0n) is 5.85. The van der Waals surface area contributed by atoms with E-state index < -0.39 is 5.56 Å². The first-order valence-electron chi connectivity index (χ1n) is 3.17. The second-order valence-electron chi connectivity index (χ2n) is 2.19. The van der Waals surface area contributed by atoms with Crippen molar-refractivity contribution in [3.63, 3.8) is 0 Å². The maximum absolute atomic E-state index is 11.0. The van der Waals surface area contributed by atoms with E-state index in [1.165, 1.54) is 12.4 Å². The Labute approximate surface area is 65.9 Å². The van der Waals surface area contributed by atoms with Crippen molar-refractivity contribution in [3.8, 4) is 5.88 Å². The maximum Gasteiger partial charge on any atom is 0.273 e. The molecule has 60 valence electrons. The van der Waals surface area contributed by atoms with Crippen molar-refractivity contribution in [2.75, 3.05) is 0 Å². The standard InChI is InChI=1S/C6H4N4O2/c11-5-3-1-7-8-2-4(3)6(12)10-9-5/h1-2H,(H,9,11)(H,10,12). The number of nitrogens with zero attached hydrogens (tertiary/aromatic N) is 3. The molecule has 0 radical (unpaired) electrons. The Hall–Kier alpha value is -1.98. The summed E-state index contributed by atoms with van der Waals surface area (Å²) in [5.41, 5.74) is -0.391. The van der Waals surface area contributed by atoms with Crippen molar-refractivity contribution in [1.29, 1.82) is 0 Å². The van der Waals surface area contributed by atoms with E-state index in [0.29, 0.717) is 5.39 Å². The summed E-state index contributed by atoms with van der Waals surface area (Å²) < 4.78 is 0. The summed E-state index contributed by atoms with van der Waals surface area (Å²) in [6.45, 7) is 0. The lowest BCUT2D eigenvalue weighted by Gasteiger charge is -1.94. The van der Waals surface area contributed by atoms with Crippen molar-refractivity contribution in [3.05, 3.63) is 22.7 Å². The van der Waals surface area contributed by atoms with Crippen molar-refractivity contribution in [2.24, 2.45) is 0 Å². The molecule has 0 aromatic carbocycles. The van der Waals surface area contributed by atoms with E-state index in [0.717, 1.165) is 0 Å². The second kappa shape index (κ2) is 2.26. The van der Waals surface area contributed by atoms with Gasteiger partial charge in [-0.15, -0.1) is 5.10 Å². The van der Waals surface area contributed by atoms with Crippen molar-refractivity contribution >= 4 is 10.8 Å². The quantitative estimate of drug-likeness (QED) is 0.543. The van der Waals surface area contributed by atoms with Crippen LogP contribution in [0.3, 0.4) is 0 Å². The lowest BCUT2D eigenvalue weighted by Crippen LogP contribution is -2.08. The van der Waals surface area contributed by atoms with Crippen LogP contribution in [0.5, 0.6) is 5.88 Å². The van der Waals surface area contributed by atoms with E-state index in [4.69, 9.17) is 5.11 Å². The van der Waals surface area contributed by atoms with Gasteiger partial charge in [0, 0.05) is 0 Å². The second-order valence-corrected chi connectivity index (χ2v) is 2.19. The van der Waals surface area contributed by atoms with E-state index in [1.807, 2.05) is 0 Å². The fourth-order valence-corrected chi connectivity index (χ4v) is 0.905. The zero-order chi connectivity index (χ0) is 8.55. The van der Waals surface area contributed by atoms with Gasteiger partial charge in [0.25, 0.3) is 5.56 Å². The number of aromatic amines is 1. The largest absolute Gasteiger partial charge is 0.492 e. The van der Waals surface area contributed by atoms with Crippen LogP contribution in [-0.4, -0.2) is 25.5 Å². The molecule has 0 bridgehead atoms. The Kier molecular flexibility index (Phi) is 1.26. The van der Waals surface area contributed by atoms with Gasteiger partial charge >= 0.3 is 0 Å². The molecule has 0 unspecified atom stereocenters. The number of hydrogen-bond donors (Lipinski definition) is 2. The number of fused-ring (bicyclic) bond motifs is 1. The molecular weight excluding hydrogens is 160 g/mol. The lowest BCUT2D eigenvalue weighted by atomic mass is 10.3. The summed E-state index contributed by atoms with van der Waals surface area (Å²) in [6.07, 6.45) is 2.56. The molecule has 2 heterocycles. The highest BCUT2D eigenvalue weighted by atomic mass is 16.3. The van der Waals surface area contributed by atoms with Gasteiger partial charge < -0.3 is 5.11 Å². The van der Waals surface area contributed by atoms with Gasteiger partial charge in [-0.25, -0.2) is 5.10 Å². The average Bonchev–Trinajstić information content (AvgIpc) is 2.12. The zero-order valence-corrected chi connectivity index (χ0v) is 5.85. The minimum absolute atomic E-state index is 0.250. The molecule has 2 rings (SSSR count). The fourth-order valence-electron chi connectivity index (χ4n) is 0.905. The van der Waals surface area contributed by atoms with Gasteiger partial charge in [-0.2, -0.15) is 10.2 Å². The minimum Gasteiger partial charge on any atom is -0.492 e. The Balaban J connectivity index is 3.05. The molecule has 2 aromatic heterocycles. The number of hydrogen-bond acceptors (Lipinski definition) is 5. The van der Waals surface area contributed by atoms with Crippen LogP contribution in [0.15, 0.2) is 17.2 Å². The molecule has 2 aromatic rings. The number of aromatic hydroxyl groups is 1. The maximum atomic E-state index is 11.0. The first-order chi connectivity index (χ1) is 5.79. The Morgan fingerprint density at radius 1 is 1.25 bits per heavy atom. The van der Waals surface area contributed by atoms with E-state index in [2.05, 4.69) is 20.4 Å². The van der Waals surface area contributed by atoms with E-state index >= 15 is 0 Å². The smallest absolute Gasteiger partial charge is 0.273 e. The van der Waals surface area contributed by atoms with E-state index in [-0.39, 0.29) is 11.3 Å². The molecule has 0 aliphatic carbocycles. The highest BCUT2D eigenvalue weighted by molar-refractivity contribution is 5.83. The molecule has 12 heavy (non-hydrogen) atoms. The fraction of sp³-hybridized carbons (Fsp3) is 0. The Morgan fingerprint density at radius 3 is 2.58 bits per heavy atom. The van der Waals surface area contributed by atoms with Crippen LogP contribution in [0.1, 0.15) is 0 Å². The third-order valence-electron chi connectivity index (χ3n) is 1.48. The summed E-state index contributed by atoms with van der Waals surface area (Å²) in [7, 11) is 0. The van der Waals surface area contributed by atoms with Gasteiger partial charge in [0.15, 0.2) is 0 Å². The topological polar surface area (TPSA) is 91.8 Å². The van der Waals surface area contributed by atoms with Crippen LogP contribution in [0.2, 0.25) is 0 Å². The molecule has 0 amide bonds. The molecule has 2 N–H and O–H groups in total. The van der Waals surface area contributed by atoms with Crippen LogP contribution in [0, 0.1) is 0 Å². The van der Waals surface area contributed by atoms with Crippen molar-refractivity contribution < 1.29 is 5.11 Å². The van der Waals surface area contributed by atoms with Crippen LogP contribution in [0.25, 0.3) is 10.8 Å². The predicted molar refractivity (Wildman–Crippen MR) is 39.6 cm³/mol. The summed E-state index contributed by atoms with van der Waals surface area (Å²) >= 11 is 0. The molecule has 0 aliphatic heterocycles. The Morgan fingerprint density at radius 2 is 1.92 bits per heavy atom. The van der Waals surface area contributed by atoms with Gasteiger partial charge in [-0.05, 0) is 0 Å². The normalized spacial score (nSPS) is 10.3. The van der Waals surface area contributed by atoms with Gasteiger partial charge in [-0.1, -0.05) is 0 Å². The molecule has 0 atom stereocenters. The molecule has 0 saturated heterocycles. The van der Waals surface area contributed by atoms with E-state index in [9.17, 15) is 4.79 Å². The first-order valence-corrected chi connectivity index (χ1v) is 3.17. The lowest BCUT2D eigenvalue weighted by molar-refractivity contribution is 0.451. The van der Waals surface area contributed by atoms with Gasteiger partial charge in [0.1, 0.15) is 0 Å². The first kappa shape index (κ1) is 6.71. The van der Waals surface area contributed by atoms with Crippen LogP contribution >= 0.6 is 0 Å². The molecule has 0 fully saturated rings. The molecule has 0 aliphatic rings. The number of nitrogens with one attached hydrogen (secondary N) is 1. The molecule has 6 heteroatoms. The molecule has 0 saturated carbocycles. The van der Waals surface area contributed by atoms with Crippen molar-refractivity contribution in [1.82, 2.24) is 20.4 Å². The number of H-pyrrole nitrogens is 1. The number of aromatic nitrogens is 4. The van der Waals surface area contributed by atoms with E-state index in [1.54, 1.807) is 0 Å². The average molecular weight is 164 g/mol. The SMILES string of the molecule is O=c1[nH]nc(O)c2cnncc12. The van der Waals surface area contributed by atoms with Gasteiger partial charge in [-0.3, -0.25) is 4.79 Å². The summed E-state index contributed by atoms with van der Waals surface area (Å²) in [5, 5.41) is 22.2. The minimum atomic E-state index is -0.391.